The van der Waals surface area contributed by atoms with Gasteiger partial charge in [0.05, 0.1) is 0 Å². The molecule has 2 atom stereocenters. The first kappa shape index (κ1) is 15.9. The van der Waals surface area contributed by atoms with Gasteiger partial charge in [0.2, 0.25) is 0 Å². The minimum atomic E-state index is -1.69. The van der Waals surface area contributed by atoms with Crippen LogP contribution in [-0.4, -0.2) is 20.2 Å². The monoisotopic (exact) mass is 270 g/mol. The highest BCUT2D eigenvalue weighted by Gasteiger charge is 2.39. The largest absolute Gasteiger partial charge is 0.414 e. The van der Waals surface area contributed by atoms with Gasteiger partial charge in [0.15, 0.2) is 8.32 Å². The van der Waals surface area contributed by atoms with Gasteiger partial charge in [-0.25, -0.2) is 0 Å². The van der Waals surface area contributed by atoms with Gasteiger partial charge in [0.1, 0.15) is 5.78 Å². The summed E-state index contributed by atoms with van der Waals surface area (Å²) in [5.41, 5.74) is 0. The van der Waals surface area contributed by atoms with E-state index in [1.807, 2.05) is 0 Å². The SMILES string of the molecule is C[C@H](C[C@@H](C)C(=O)C1CC1)O[Si](C)(C)C(C)(C)C. The zero-order chi connectivity index (χ0) is 14.1. The highest BCUT2D eigenvalue weighted by molar-refractivity contribution is 6.74. The van der Waals surface area contributed by atoms with Crippen molar-refractivity contribution in [3.63, 3.8) is 0 Å². The summed E-state index contributed by atoms with van der Waals surface area (Å²) in [6.45, 7) is 15.5. The molecule has 0 aromatic rings. The summed E-state index contributed by atoms with van der Waals surface area (Å²) >= 11 is 0. The van der Waals surface area contributed by atoms with Crippen molar-refractivity contribution < 1.29 is 9.22 Å². The predicted octanol–water partition coefficient (Wildman–Crippen LogP) is 4.40. The second-order valence-corrected chi connectivity index (χ2v) is 12.3. The number of carbonyl (C=O) groups is 1. The van der Waals surface area contributed by atoms with Crippen LogP contribution in [0.1, 0.15) is 53.9 Å². The van der Waals surface area contributed by atoms with Crippen molar-refractivity contribution in [2.45, 2.75) is 78.1 Å². The topological polar surface area (TPSA) is 26.3 Å². The van der Waals surface area contributed by atoms with Gasteiger partial charge in [-0.15, -0.1) is 0 Å². The van der Waals surface area contributed by atoms with Crippen molar-refractivity contribution in [3.05, 3.63) is 0 Å². The molecule has 0 saturated heterocycles. The fraction of sp³-hybridized carbons (Fsp3) is 0.933. The fourth-order valence-electron chi connectivity index (χ4n) is 2.11. The number of hydrogen-bond acceptors (Lipinski definition) is 2. The van der Waals surface area contributed by atoms with Gasteiger partial charge in [-0.2, -0.15) is 0 Å². The van der Waals surface area contributed by atoms with Crippen LogP contribution in [0.4, 0.5) is 0 Å². The fourth-order valence-corrected chi connectivity index (χ4v) is 3.57. The molecule has 1 saturated carbocycles. The number of Topliss-reactive ketones (excluding diaryl/α,β-unsaturated/α-hetero) is 1. The van der Waals surface area contributed by atoms with Gasteiger partial charge >= 0.3 is 0 Å². The van der Waals surface area contributed by atoms with Crippen LogP contribution >= 0.6 is 0 Å². The molecule has 2 nitrogen and oxygen atoms in total. The lowest BCUT2D eigenvalue weighted by Crippen LogP contribution is -2.43. The molecule has 1 aliphatic carbocycles. The maximum absolute atomic E-state index is 12.0. The Labute approximate surface area is 114 Å². The molecule has 0 aliphatic heterocycles. The molecule has 0 N–H and O–H groups in total. The summed E-state index contributed by atoms with van der Waals surface area (Å²) in [5, 5.41) is 0.241. The van der Waals surface area contributed by atoms with Gasteiger partial charge < -0.3 is 4.43 Å². The lowest BCUT2D eigenvalue weighted by atomic mass is 9.97. The van der Waals surface area contributed by atoms with Crippen LogP contribution in [0.5, 0.6) is 0 Å². The van der Waals surface area contributed by atoms with E-state index in [1.165, 1.54) is 0 Å². The zero-order valence-electron chi connectivity index (χ0n) is 13.2. The molecule has 0 bridgehead atoms. The second kappa shape index (κ2) is 5.46. The van der Waals surface area contributed by atoms with Gasteiger partial charge in [0.25, 0.3) is 0 Å². The molecular formula is C15H30O2Si. The Morgan fingerprint density at radius 2 is 1.78 bits per heavy atom. The van der Waals surface area contributed by atoms with Crippen molar-refractivity contribution in [1.29, 1.82) is 0 Å². The highest BCUT2D eigenvalue weighted by Crippen LogP contribution is 2.38. The quantitative estimate of drug-likeness (QED) is 0.669. The molecule has 0 radical (unpaired) electrons. The third kappa shape index (κ3) is 4.20. The van der Waals surface area contributed by atoms with Crippen molar-refractivity contribution in [2.75, 3.05) is 0 Å². The molecule has 1 rings (SSSR count). The van der Waals surface area contributed by atoms with Gasteiger partial charge in [0, 0.05) is 17.9 Å². The Hall–Kier alpha value is -0.153. The Kier molecular flexibility index (Phi) is 4.82. The van der Waals surface area contributed by atoms with Crippen LogP contribution < -0.4 is 0 Å². The molecule has 1 aliphatic rings. The normalized spacial score (nSPS) is 20.6. The van der Waals surface area contributed by atoms with Crippen LogP contribution in [0.25, 0.3) is 0 Å². The molecule has 106 valence electrons. The van der Waals surface area contributed by atoms with E-state index in [4.69, 9.17) is 4.43 Å². The van der Waals surface area contributed by atoms with Gasteiger partial charge in [-0.05, 0) is 44.3 Å². The van der Waals surface area contributed by atoms with E-state index in [0.717, 1.165) is 19.3 Å². The lowest BCUT2D eigenvalue weighted by molar-refractivity contribution is -0.124. The molecule has 0 amide bonds. The van der Waals surface area contributed by atoms with Gasteiger partial charge in [-0.3, -0.25) is 4.79 Å². The number of rotatable bonds is 6. The van der Waals surface area contributed by atoms with Crippen molar-refractivity contribution in [1.82, 2.24) is 0 Å². The Morgan fingerprint density at radius 3 is 2.17 bits per heavy atom. The molecule has 0 spiro atoms. The number of carbonyl (C=O) groups excluding carboxylic acids is 1. The lowest BCUT2D eigenvalue weighted by Gasteiger charge is -2.38. The average Bonchev–Trinajstić information content (AvgIpc) is 2.96. The van der Waals surface area contributed by atoms with Crippen LogP contribution in [0.2, 0.25) is 18.1 Å². The average molecular weight is 270 g/mol. The second-order valence-electron chi connectivity index (χ2n) is 7.50. The first-order valence-corrected chi connectivity index (χ1v) is 10.2. The van der Waals surface area contributed by atoms with E-state index in [-0.39, 0.29) is 17.1 Å². The minimum Gasteiger partial charge on any atom is -0.414 e. The van der Waals surface area contributed by atoms with E-state index >= 15 is 0 Å². The van der Waals surface area contributed by atoms with E-state index in [1.54, 1.807) is 0 Å². The summed E-state index contributed by atoms with van der Waals surface area (Å²) in [7, 11) is -1.69. The van der Waals surface area contributed by atoms with Crippen LogP contribution in [0.15, 0.2) is 0 Å². The third-order valence-electron chi connectivity index (χ3n) is 4.45. The van der Waals surface area contributed by atoms with Crippen LogP contribution in [-0.2, 0) is 9.22 Å². The zero-order valence-corrected chi connectivity index (χ0v) is 14.2. The minimum absolute atomic E-state index is 0.164. The molecule has 0 unspecified atom stereocenters. The molecule has 0 aromatic heterocycles. The molecular weight excluding hydrogens is 240 g/mol. The van der Waals surface area contributed by atoms with E-state index in [9.17, 15) is 4.79 Å². The maximum Gasteiger partial charge on any atom is 0.192 e. The van der Waals surface area contributed by atoms with Gasteiger partial charge in [-0.1, -0.05) is 27.7 Å². The first-order chi connectivity index (χ1) is 8.04. The first-order valence-electron chi connectivity index (χ1n) is 7.26. The molecule has 3 heteroatoms. The van der Waals surface area contributed by atoms with Crippen molar-refractivity contribution in [3.8, 4) is 0 Å². The summed E-state index contributed by atoms with van der Waals surface area (Å²) in [4.78, 5) is 12.0. The summed E-state index contributed by atoms with van der Waals surface area (Å²) < 4.78 is 6.31. The Balaban J connectivity index is 2.45. The number of ketones is 1. The van der Waals surface area contributed by atoms with E-state index < -0.39 is 8.32 Å². The molecule has 0 heterocycles. The van der Waals surface area contributed by atoms with Crippen LogP contribution in [0, 0.1) is 11.8 Å². The summed E-state index contributed by atoms with van der Waals surface area (Å²) in [6.07, 6.45) is 3.30. The van der Waals surface area contributed by atoms with Crippen LogP contribution in [0.3, 0.4) is 0 Å². The molecule has 1 fully saturated rings. The maximum atomic E-state index is 12.0. The van der Waals surface area contributed by atoms with E-state index in [0.29, 0.717) is 11.7 Å². The predicted molar refractivity (Wildman–Crippen MR) is 79.3 cm³/mol. The standard InChI is InChI=1S/C15H30O2Si/c1-11(14(16)13-8-9-13)10-12(2)17-18(6,7)15(3,4)5/h11-13H,8-10H2,1-7H3/t11-,12-/m1/s1. The Bertz CT molecular complexity index is 300. The molecule has 18 heavy (non-hydrogen) atoms. The van der Waals surface area contributed by atoms with E-state index in [2.05, 4.69) is 47.7 Å². The molecule has 0 aromatic carbocycles. The Morgan fingerprint density at radius 1 is 1.28 bits per heavy atom. The van der Waals surface area contributed by atoms with Crippen molar-refractivity contribution in [2.24, 2.45) is 11.8 Å². The third-order valence-corrected chi connectivity index (χ3v) is 9.06. The van der Waals surface area contributed by atoms with Crippen molar-refractivity contribution >= 4 is 14.1 Å². The summed E-state index contributed by atoms with van der Waals surface area (Å²) in [6, 6.07) is 0. The smallest absolute Gasteiger partial charge is 0.192 e. The summed E-state index contributed by atoms with van der Waals surface area (Å²) in [5.74, 6) is 0.998. The number of hydrogen-bond donors (Lipinski definition) is 0. The highest BCUT2D eigenvalue weighted by atomic mass is 28.4.